The summed E-state index contributed by atoms with van der Waals surface area (Å²) in [6.07, 6.45) is 1.88. The fraction of sp³-hybridized carbons (Fsp3) is 0.357. The lowest BCUT2D eigenvalue weighted by atomic mass is 10.2. The highest BCUT2D eigenvalue weighted by Gasteiger charge is 2.04. The first-order valence-corrected chi connectivity index (χ1v) is 6.45. The van der Waals surface area contributed by atoms with Crippen LogP contribution < -0.4 is 10.9 Å². The number of hydrogen-bond acceptors (Lipinski definition) is 3. The molecule has 0 saturated heterocycles. The Labute approximate surface area is 111 Å². The number of para-hydroxylation sites is 1. The van der Waals surface area contributed by atoms with E-state index in [1.165, 1.54) is 0 Å². The number of nitrogens with one attached hydrogen (secondary N) is 2. The summed E-state index contributed by atoms with van der Waals surface area (Å²) in [6, 6.07) is 7.21. The molecule has 0 aliphatic rings. The molecular formula is C14H17N3O2. The first kappa shape index (κ1) is 13.3. The third kappa shape index (κ3) is 3.40. The van der Waals surface area contributed by atoms with E-state index in [9.17, 15) is 9.59 Å². The summed E-state index contributed by atoms with van der Waals surface area (Å²) < 4.78 is 0. The van der Waals surface area contributed by atoms with E-state index in [0.717, 1.165) is 6.42 Å². The number of rotatable bonds is 5. The number of hydrogen-bond donors (Lipinski definition) is 2. The molecule has 5 heteroatoms. The molecule has 2 rings (SSSR count). The van der Waals surface area contributed by atoms with Gasteiger partial charge in [0.2, 0.25) is 5.91 Å². The monoisotopic (exact) mass is 259 g/mol. The molecule has 0 spiro atoms. The topological polar surface area (TPSA) is 74.8 Å². The maximum absolute atomic E-state index is 11.8. The van der Waals surface area contributed by atoms with E-state index in [2.05, 4.69) is 15.3 Å². The van der Waals surface area contributed by atoms with Crippen molar-refractivity contribution >= 4 is 16.8 Å². The van der Waals surface area contributed by atoms with Crippen LogP contribution in [0.3, 0.4) is 0 Å². The van der Waals surface area contributed by atoms with Crippen molar-refractivity contribution in [2.45, 2.75) is 26.2 Å². The summed E-state index contributed by atoms with van der Waals surface area (Å²) in [5.74, 6) is 0.631. The van der Waals surface area contributed by atoms with Gasteiger partial charge in [0.15, 0.2) is 0 Å². The smallest absolute Gasteiger partial charge is 0.258 e. The molecule has 0 unspecified atom stereocenters. The molecule has 1 aromatic heterocycles. The van der Waals surface area contributed by atoms with Gasteiger partial charge < -0.3 is 10.3 Å². The van der Waals surface area contributed by atoms with Gasteiger partial charge in [0.25, 0.3) is 5.56 Å². The van der Waals surface area contributed by atoms with Crippen LogP contribution in [0.25, 0.3) is 10.9 Å². The fourth-order valence-corrected chi connectivity index (χ4v) is 1.89. The second kappa shape index (κ2) is 6.13. The number of amides is 1. The van der Waals surface area contributed by atoms with Crippen molar-refractivity contribution in [1.29, 1.82) is 0 Å². The zero-order valence-electron chi connectivity index (χ0n) is 10.9. The van der Waals surface area contributed by atoms with Crippen LogP contribution in [0.2, 0.25) is 0 Å². The Hall–Kier alpha value is -2.17. The van der Waals surface area contributed by atoms with Crippen LogP contribution in [0.1, 0.15) is 25.6 Å². The zero-order chi connectivity index (χ0) is 13.7. The highest BCUT2D eigenvalue weighted by molar-refractivity contribution is 5.77. The largest absolute Gasteiger partial charge is 0.356 e. The predicted molar refractivity (Wildman–Crippen MR) is 74.0 cm³/mol. The SMILES string of the molecule is CCCC(=O)NCCc1nc2ccccc2c(=O)[nH]1. The number of carbonyl (C=O) groups excluding carboxylic acids is 1. The molecule has 5 nitrogen and oxygen atoms in total. The minimum absolute atomic E-state index is 0.0330. The van der Waals surface area contributed by atoms with Crippen LogP contribution in [-0.2, 0) is 11.2 Å². The van der Waals surface area contributed by atoms with Crippen LogP contribution in [0.15, 0.2) is 29.1 Å². The van der Waals surface area contributed by atoms with E-state index in [1.54, 1.807) is 6.07 Å². The number of nitrogens with zero attached hydrogens (tertiary/aromatic N) is 1. The standard InChI is InChI=1S/C14H17N3O2/c1-2-5-13(18)15-9-8-12-16-11-7-4-3-6-10(11)14(19)17-12/h3-4,6-7H,2,5,8-9H2,1H3,(H,15,18)(H,16,17,19). The average Bonchev–Trinajstić information content (AvgIpc) is 2.39. The molecule has 2 N–H and O–H groups in total. The second-order valence-corrected chi connectivity index (χ2v) is 4.38. The fourth-order valence-electron chi connectivity index (χ4n) is 1.89. The van der Waals surface area contributed by atoms with Crippen LogP contribution in [0.4, 0.5) is 0 Å². The Kier molecular flexibility index (Phi) is 4.28. The molecule has 2 aromatic rings. The summed E-state index contributed by atoms with van der Waals surface area (Å²) >= 11 is 0. The van der Waals surface area contributed by atoms with Gasteiger partial charge in [-0.15, -0.1) is 0 Å². The number of H-pyrrole nitrogens is 1. The highest BCUT2D eigenvalue weighted by atomic mass is 16.1. The molecule has 0 fully saturated rings. The minimum Gasteiger partial charge on any atom is -0.356 e. The van der Waals surface area contributed by atoms with Crippen molar-refractivity contribution < 1.29 is 4.79 Å². The van der Waals surface area contributed by atoms with Crippen LogP contribution in [0, 0.1) is 0 Å². The van der Waals surface area contributed by atoms with Gasteiger partial charge in [0.1, 0.15) is 5.82 Å². The van der Waals surface area contributed by atoms with E-state index in [1.807, 2.05) is 25.1 Å². The lowest BCUT2D eigenvalue weighted by Gasteiger charge is -2.05. The summed E-state index contributed by atoms with van der Waals surface area (Å²) in [5.41, 5.74) is 0.543. The maximum Gasteiger partial charge on any atom is 0.258 e. The quantitative estimate of drug-likeness (QED) is 0.851. The van der Waals surface area contributed by atoms with Crippen molar-refractivity contribution in [3.63, 3.8) is 0 Å². The highest BCUT2D eigenvalue weighted by Crippen LogP contribution is 2.05. The third-order valence-electron chi connectivity index (χ3n) is 2.82. The molecule has 0 bridgehead atoms. The van der Waals surface area contributed by atoms with Gasteiger partial charge in [-0.2, -0.15) is 0 Å². The molecule has 1 amide bonds. The van der Waals surface area contributed by atoms with Crippen molar-refractivity contribution in [2.24, 2.45) is 0 Å². The normalized spacial score (nSPS) is 10.6. The summed E-state index contributed by atoms with van der Waals surface area (Å²) in [5, 5.41) is 3.38. The van der Waals surface area contributed by atoms with Crippen LogP contribution >= 0.6 is 0 Å². The number of benzene rings is 1. The van der Waals surface area contributed by atoms with E-state index in [0.29, 0.717) is 36.1 Å². The summed E-state index contributed by atoms with van der Waals surface area (Å²) in [4.78, 5) is 30.2. The Morgan fingerprint density at radius 2 is 2.16 bits per heavy atom. The Bertz CT molecular complexity index is 634. The van der Waals surface area contributed by atoms with Gasteiger partial charge in [-0.3, -0.25) is 9.59 Å². The average molecular weight is 259 g/mol. The number of aromatic amines is 1. The van der Waals surface area contributed by atoms with Crippen molar-refractivity contribution in [1.82, 2.24) is 15.3 Å². The molecule has 1 heterocycles. The lowest BCUT2D eigenvalue weighted by molar-refractivity contribution is -0.121. The van der Waals surface area contributed by atoms with Gasteiger partial charge in [-0.1, -0.05) is 19.1 Å². The van der Waals surface area contributed by atoms with E-state index in [4.69, 9.17) is 0 Å². The van der Waals surface area contributed by atoms with Crippen molar-refractivity contribution in [3.8, 4) is 0 Å². The van der Waals surface area contributed by atoms with Crippen molar-refractivity contribution in [3.05, 3.63) is 40.4 Å². The van der Waals surface area contributed by atoms with Gasteiger partial charge in [-0.05, 0) is 18.6 Å². The number of aromatic nitrogens is 2. The molecule has 100 valence electrons. The van der Waals surface area contributed by atoms with E-state index in [-0.39, 0.29) is 11.5 Å². The molecule has 1 aromatic carbocycles. The van der Waals surface area contributed by atoms with Gasteiger partial charge in [0.05, 0.1) is 10.9 Å². The second-order valence-electron chi connectivity index (χ2n) is 4.38. The van der Waals surface area contributed by atoms with E-state index >= 15 is 0 Å². The zero-order valence-corrected chi connectivity index (χ0v) is 10.9. The van der Waals surface area contributed by atoms with Crippen LogP contribution in [0.5, 0.6) is 0 Å². The first-order valence-electron chi connectivity index (χ1n) is 6.45. The molecule has 0 saturated carbocycles. The first-order chi connectivity index (χ1) is 9.20. The Morgan fingerprint density at radius 1 is 1.37 bits per heavy atom. The number of carbonyl (C=O) groups is 1. The Morgan fingerprint density at radius 3 is 2.95 bits per heavy atom. The Balaban J connectivity index is 2.05. The molecule has 19 heavy (non-hydrogen) atoms. The maximum atomic E-state index is 11.8. The minimum atomic E-state index is -0.138. The molecule has 0 radical (unpaired) electrons. The predicted octanol–water partition coefficient (Wildman–Crippen LogP) is 1.38. The lowest BCUT2D eigenvalue weighted by Crippen LogP contribution is -2.26. The number of fused-ring (bicyclic) bond motifs is 1. The van der Waals surface area contributed by atoms with Gasteiger partial charge in [-0.25, -0.2) is 4.98 Å². The van der Waals surface area contributed by atoms with Crippen LogP contribution in [-0.4, -0.2) is 22.4 Å². The van der Waals surface area contributed by atoms with Gasteiger partial charge >= 0.3 is 0 Å². The third-order valence-corrected chi connectivity index (χ3v) is 2.82. The molecule has 0 aliphatic heterocycles. The molecular weight excluding hydrogens is 242 g/mol. The van der Waals surface area contributed by atoms with E-state index < -0.39 is 0 Å². The van der Waals surface area contributed by atoms with Gasteiger partial charge in [0, 0.05) is 19.4 Å². The molecule has 0 atom stereocenters. The molecule has 0 aliphatic carbocycles. The summed E-state index contributed by atoms with van der Waals surface area (Å²) in [6.45, 7) is 2.45. The van der Waals surface area contributed by atoms with Crippen molar-refractivity contribution in [2.75, 3.05) is 6.54 Å². The summed E-state index contributed by atoms with van der Waals surface area (Å²) in [7, 11) is 0.